The van der Waals surface area contributed by atoms with E-state index >= 15 is 0 Å². The Morgan fingerprint density at radius 2 is 2.00 bits per heavy atom. The third-order valence-electron chi connectivity index (χ3n) is 1.41. The van der Waals surface area contributed by atoms with Crippen molar-refractivity contribution < 1.29 is 29.3 Å². The van der Waals surface area contributed by atoms with Crippen molar-refractivity contribution in [3.63, 3.8) is 0 Å². The summed E-state index contributed by atoms with van der Waals surface area (Å²) < 4.78 is 9.54. The highest BCUT2D eigenvalue weighted by Gasteiger charge is 2.10. The molecule has 0 saturated heterocycles. The summed E-state index contributed by atoms with van der Waals surface area (Å²) in [5.74, 6) is -3.45. The summed E-state index contributed by atoms with van der Waals surface area (Å²) in [5, 5.41) is 16.8. The third kappa shape index (κ3) is 7.51. The zero-order valence-electron chi connectivity index (χ0n) is 8.43. The zero-order chi connectivity index (χ0) is 11.7. The predicted molar refractivity (Wildman–Crippen MR) is 50.2 cm³/mol. The molecule has 0 aromatic rings. The molecule has 86 valence electrons. The second-order valence-corrected chi connectivity index (χ2v) is 2.68. The van der Waals surface area contributed by atoms with E-state index in [0.29, 0.717) is 12.7 Å². The van der Waals surface area contributed by atoms with Gasteiger partial charge in [0.15, 0.2) is 6.79 Å². The van der Waals surface area contributed by atoms with E-state index in [0.717, 1.165) is 12.8 Å². The van der Waals surface area contributed by atoms with Crippen LogP contribution >= 0.6 is 0 Å². The van der Waals surface area contributed by atoms with Crippen molar-refractivity contribution in [3.05, 3.63) is 11.8 Å². The first-order valence-corrected chi connectivity index (χ1v) is 4.46. The lowest BCUT2D eigenvalue weighted by atomic mass is 10.4. The van der Waals surface area contributed by atoms with E-state index < -0.39 is 17.7 Å². The predicted octanol–water partition coefficient (Wildman–Crippen LogP) is 0.830. The minimum atomic E-state index is -1.43. The molecular formula is C9H14O6. The summed E-state index contributed by atoms with van der Waals surface area (Å²) in [7, 11) is 0. The summed E-state index contributed by atoms with van der Waals surface area (Å²) in [5.41, 5.74) is 0. The van der Waals surface area contributed by atoms with E-state index in [-0.39, 0.29) is 6.79 Å². The van der Waals surface area contributed by atoms with Crippen LogP contribution in [0.15, 0.2) is 11.8 Å². The maximum absolute atomic E-state index is 10.4. The summed E-state index contributed by atoms with van der Waals surface area (Å²) >= 11 is 0. The van der Waals surface area contributed by atoms with Gasteiger partial charge in [0.25, 0.3) is 0 Å². The summed E-state index contributed by atoms with van der Waals surface area (Å²) in [6, 6.07) is 0. The second kappa shape index (κ2) is 7.81. The van der Waals surface area contributed by atoms with Crippen LogP contribution in [-0.4, -0.2) is 35.6 Å². The van der Waals surface area contributed by atoms with Crippen molar-refractivity contribution in [2.45, 2.75) is 19.8 Å². The number of hydrogen-bond donors (Lipinski definition) is 2. The molecule has 0 unspecified atom stereocenters. The molecule has 0 fully saturated rings. The number of aliphatic carboxylic acids is 2. The summed E-state index contributed by atoms with van der Waals surface area (Å²) in [4.78, 5) is 20.6. The van der Waals surface area contributed by atoms with Gasteiger partial charge in [-0.1, -0.05) is 13.3 Å². The molecule has 0 spiro atoms. The lowest BCUT2D eigenvalue weighted by molar-refractivity contribution is -0.141. The van der Waals surface area contributed by atoms with Crippen molar-refractivity contribution in [1.29, 1.82) is 0 Å². The minimum Gasteiger partial charge on any atom is -0.478 e. The van der Waals surface area contributed by atoms with E-state index in [2.05, 4.69) is 4.74 Å². The minimum absolute atomic E-state index is 0.259. The van der Waals surface area contributed by atoms with Crippen LogP contribution in [0.3, 0.4) is 0 Å². The quantitative estimate of drug-likeness (QED) is 0.271. The van der Waals surface area contributed by atoms with Crippen molar-refractivity contribution in [2.24, 2.45) is 0 Å². The maximum atomic E-state index is 10.4. The van der Waals surface area contributed by atoms with E-state index in [1.54, 1.807) is 0 Å². The molecule has 0 heterocycles. The molecule has 0 rings (SSSR count). The Morgan fingerprint density at radius 3 is 2.47 bits per heavy atom. The fourth-order valence-electron chi connectivity index (χ4n) is 0.688. The Balaban J connectivity index is 3.88. The molecule has 15 heavy (non-hydrogen) atoms. The number of unbranched alkanes of at least 4 members (excludes halogenated alkanes) is 1. The smallest absolute Gasteiger partial charge is 0.371 e. The molecular weight excluding hydrogens is 204 g/mol. The molecule has 6 heteroatoms. The molecule has 0 radical (unpaired) electrons. The van der Waals surface area contributed by atoms with Gasteiger partial charge in [-0.15, -0.1) is 0 Å². The molecule has 0 aromatic heterocycles. The third-order valence-corrected chi connectivity index (χ3v) is 1.41. The van der Waals surface area contributed by atoms with Gasteiger partial charge < -0.3 is 19.7 Å². The fourth-order valence-corrected chi connectivity index (χ4v) is 0.688. The number of carboxylic acids is 2. The lowest BCUT2D eigenvalue weighted by Gasteiger charge is -2.06. The highest BCUT2D eigenvalue weighted by atomic mass is 16.7. The normalized spacial score (nSPS) is 11.1. The Kier molecular flexibility index (Phi) is 7.00. The maximum Gasteiger partial charge on any atom is 0.371 e. The van der Waals surface area contributed by atoms with E-state index in [1.807, 2.05) is 6.92 Å². The molecule has 6 nitrogen and oxygen atoms in total. The number of hydrogen-bond acceptors (Lipinski definition) is 4. The lowest BCUT2D eigenvalue weighted by Crippen LogP contribution is -2.10. The molecule has 0 amide bonds. The molecule has 0 bridgehead atoms. The molecule has 2 N–H and O–H groups in total. The van der Waals surface area contributed by atoms with E-state index in [1.165, 1.54) is 0 Å². The van der Waals surface area contributed by atoms with Gasteiger partial charge in [0.05, 0.1) is 12.7 Å². The monoisotopic (exact) mass is 218 g/mol. The Morgan fingerprint density at radius 1 is 1.33 bits per heavy atom. The molecule has 0 aliphatic heterocycles. The van der Waals surface area contributed by atoms with Gasteiger partial charge in [-0.25, -0.2) is 9.59 Å². The molecule has 0 atom stereocenters. The van der Waals surface area contributed by atoms with Gasteiger partial charge in [-0.2, -0.15) is 0 Å². The zero-order valence-corrected chi connectivity index (χ0v) is 8.43. The highest BCUT2D eigenvalue weighted by molar-refractivity contribution is 5.92. The van der Waals surface area contributed by atoms with Crippen molar-refractivity contribution >= 4 is 11.9 Å². The second-order valence-electron chi connectivity index (χ2n) is 2.68. The number of rotatable bonds is 8. The Bertz CT molecular complexity index is 245. The van der Waals surface area contributed by atoms with Crippen molar-refractivity contribution in [1.82, 2.24) is 0 Å². The van der Waals surface area contributed by atoms with Crippen LogP contribution in [0.5, 0.6) is 0 Å². The van der Waals surface area contributed by atoms with E-state index in [9.17, 15) is 9.59 Å². The fraction of sp³-hybridized carbons (Fsp3) is 0.556. The molecule has 0 saturated carbocycles. The first-order chi connectivity index (χ1) is 7.07. The van der Waals surface area contributed by atoms with Crippen LogP contribution < -0.4 is 0 Å². The van der Waals surface area contributed by atoms with Crippen LogP contribution in [0.25, 0.3) is 0 Å². The van der Waals surface area contributed by atoms with Crippen LogP contribution in [0.4, 0.5) is 0 Å². The van der Waals surface area contributed by atoms with Crippen LogP contribution in [0.1, 0.15) is 19.8 Å². The van der Waals surface area contributed by atoms with Gasteiger partial charge in [0, 0.05) is 0 Å². The van der Waals surface area contributed by atoms with Crippen LogP contribution in [0, 0.1) is 0 Å². The SMILES string of the molecule is CCCCOCO/C(=C/C(=O)O)C(=O)O. The number of ether oxygens (including phenoxy) is 2. The topological polar surface area (TPSA) is 93.1 Å². The van der Waals surface area contributed by atoms with E-state index in [4.69, 9.17) is 14.9 Å². The van der Waals surface area contributed by atoms with Crippen molar-refractivity contribution in [2.75, 3.05) is 13.4 Å². The molecule has 0 aliphatic carbocycles. The van der Waals surface area contributed by atoms with Gasteiger partial charge in [-0.05, 0) is 6.42 Å². The Hall–Kier alpha value is -1.56. The number of carboxylic acid groups (broad SMARTS) is 2. The van der Waals surface area contributed by atoms with Crippen molar-refractivity contribution in [3.8, 4) is 0 Å². The Labute approximate surface area is 87.1 Å². The van der Waals surface area contributed by atoms with Gasteiger partial charge >= 0.3 is 11.9 Å². The largest absolute Gasteiger partial charge is 0.478 e. The van der Waals surface area contributed by atoms with Crippen LogP contribution in [0.2, 0.25) is 0 Å². The van der Waals surface area contributed by atoms with Gasteiger partial charge in [0.1, 0.15) is 0 Å². The van der Waals surface area contributed by atoms with Gasteiger partial charge in [-0.3, -0.25) is 0 Å². The highest BCUT2D eigenvalue weighted by Crippen LogP contribution is 1.98. The van der Waals surface area contributed by atoms with Crippen LogP contribution in [-0.2, 0) is 19.1 Å². The molecule has 0 aromatic carbocycles. The number of carbonyl (C=O) groups is 2. The average Bonchev–Trinajstić information content (AvgIpc) is 2.15. The average molecular weight is 218 g/mol. The summed E-state index contributed by atoms with van der Waals surface area (Å²) in [6.07, 6.45) is 2.27. The standard InChI is InChI=1S/C9H14O6/c1-2-3-4-14-6-15-7(9(12)13)5-8(10)11/h5H,2-4,6H2,1H3,(H,10,11)(H,12,13)/b7-5+. The summed E-state index contributed by atoms with van der Waals surface area (Å²) in [6.45, 7) is 2.18. The first-order valence-electron chi connectivity index (χ1n) is 4.46. The molecule has 0 aliphatic rings. The van der Waals surface area contributed by atoms with Gasteiger partial charge in [0.2, 0.25) is 5.76 Å². The first kappa shape index (κ1) is 13.4.